The van der Waals surface area contributed by atoms with Gasteiger partial charge >= 0.3 is 0 Å². The molecule has 2 aliphatic rings. The van der Waals surface area contributed by atoms with Gasteiger partial charge in [0.2, 0.25) is 5.91 Å². The average Bonchev–Trinajstić information content (AvgIpc) is 3.05. The van der Waals surface area contributed by atoms with E-state index in [4.69, 9.17) is 10.5 Å². The maximum atomic E-state index is 12.2. The van der Waals surface area contributed by atoms with Gasteiger partial charge < -0.3 is 15.8 Å². The summed E-state index contributed by atoms with van der Waals surface area (Å²) in [5, 5.41) is 3.52. The predicted octanol–water partition coefficient (Wildman–Crippen LogP) is 2.05. The molecule has 3 rings (SSSR count). The van der Waals surface area contributed by atoms with Crippen LogP contribution in [0.1, 0.15) is 46.5 Å². The van der Waals surface area contributed by atoms with E-state index >= 15 is 0 Å². The lowest BCUT2D eigenvalue weighted by molar-refractivity contribution is -0.119. The van der Waals surface area contributed by atoms with Crippen molar-refractivity contribution in [3.05, 3.63) is 16.0 Å². The number of amides is 2. The first-order chi connectivity index (χ1) is 9.66. The molecule has 1 aliphatic carbocycles. The molecule has 3 N–H and O–H groups in total. The van der Waals surface area contributed by atoms with Crippen molar-refractivity contribution in [2.75, 3.05) is 11.9 Å². The zero-order chi connectivity index (χ0) is 14.1. The number of thiophene rings is 1. The van der Waals surface area contributed by atoms with Crippen LogP contribution in [0.25, 0.3) is 0 Å². The van der Waals surface area contributed by atoms with Gasteiger partial charge in [-0.25, -0.2) is 0 Å². The third-order valence-electron chi connectivity index (χ3n) is 4.03. The van der Waals surface area contributed by atoms with Crippen molar-refractivity contribution < 1.29 is 14.3 Å². The number of primary amides is 1. The number of carbonyl (C=O) groups is 2. The molecule has 0 aromatic carbocycles. The highest BCUT2D eigenvalue weighted by Gasteiger charge is 2.28. The Kier molecular flexibility index (Phi) is 3.76. The molecular formula is C14H18N2O3S. The monoisotopic (exact) mass is 294 g/mol. The highest BCUT2D eigenvalue weighted by atomic mass is 32.1. The summed E-state index contributed by atoms with van der Waals surface area (Å²) in [4.78, 5) is 24.9. The van der Waals surface area contributed by atoms with E-state index in [0.717, 1.165) is 36.1 Å². The second kappa shape index (κ2) is 5.54. The molecule has 5 nitrogen and oxygen atoms in total. The second-order valence-corrected chi connectivity index (χ2v) is 6.45. The molecule has 0 radical (unpaired) electrons. The fourth-order valence-electron chi connectivity index (χ4n) is 2.98. The number of anilines is 1. The standard InChI is InChI=1S/C14H18N2O3S/c15-12(17)11-9-5-6-19-7-10(9)20-14(11)16-13(18)8-3-1-2-4-8/h8H,1-7H2,(H2,15,17)(H,16,18). The Hall–Kier alpha value is -1.40. The van der Waals surface area contributed by atoms with Gasteiger partial charge in [0, 0.05) is 10.8 Å². The molecule has 0 bridgehead atoms. The molecule has 0 atom stereocenters. The average molecular weight is 294 g/mol. The molecule has 108 valence electrons. The number of hydrogen-bond acceptors (Lipinski definition) is 4. The molecule has 0 spiro atoms. The Bertz CT molecular complexity index is 547. The maximum absolute atomic E-state index is 12.2. The molecule has 6 heteroatoms. The van der Waals surface area contributed by atoms with E-state index in [1.54, 1.807) is 0 Å². The number of fused-ring (bicyclic) bond motifs is 1. The Balaban J connectivity index is 1.86. The van der Waals surface area contributed by atoms with E-state index in [1.165, 1.54) is 11.3 Å². The smallest absolute Gasteiger partial charge is 0.251 e. The van der Waals surface area contributed by atoms with Gasteiger partial charge in [-0.2, -0.15) is 0 Å². The van der Waals surface area contributed by atoms with Gasteiger partial charge in [0.15, 0.2) is 0 Å². The lowest BCUT2D eigenvalue weighted by atomic mass is 10.0. The first kappa shape index (κ1) is 13.6. The predicted molar refractivity (Wildman–Crippen MR) is 76.8 cm³/mol. The number of hydrogen-bond donors (Lipinski definition) is 2. The molecule has 20 heavy (non-hydrogen) atoms. The van der Waals surface area contributed by atoms with Crippen molar-refractivity contribution in [2.24, 2.45) is 11.7 Å². The molecule has 1 aromatic heterocycles. The van der Waals surface area contributed by atoms with Crippen molar-refractivity contribution in [1.29, 1.82) is 0 Å². The van der Waals surface area contributed by atoms with Gasteiger partial charge in [-0.1, -0.05) is 12.8 Å². The first-order valence-electron chi connectivity index (χ1n) is 6.99. The van der Waals surface area contributed by atoms with E-state index in [-0.39, 0.29) is 11.8 Å². The number of carbonyl (C=O) groups excluding carboxylic acids is 2. The van der Waals surface area contributed by atoms with Crippen molar-refractivity contribution in [1.82, 2.24) is 0 Å². The quantitative estimate of drug-likeness (QED) is 0.895. The van der Waals surface area contributed by atoms with Crippen LogP contribution in [0, 0.1) is 5.92 Å². The summed E-state index contributed by atoms with van der Waals surface area (Å²) < 4.78 is 5.39. The van der Waals surface area contributed by atoms with Gasteiger partial charge in [-0.3, -0.25) is 9.59 Å². The summed E-state index contributed by atoms with van der Waals surface area (Å²) in [6.45, 7) is 1.10. The van der Waals surface area contributed by atoms with Gasteiger partial charge in [-0.05, 0) is 24.8 Å². The summed E-state index contributed by atoms with van der Waals surface area (Å²) in [5.41, 5.74) is 6.93. The Morgan fingerprint density at radius 2 is 2.05 bits per heavy atom. The van der Waals surface area contributed by atoms with Gasteiger partial charge in [-0.15, -0.1) is 11.3 Å². The molecular weight excluding hydrogens is 276 g/mol. The van der Waals surface area contributed by atoms with Crippen molar-refractivity contribution >= 4 is 28.2 Å². The van der Waals surface area contributed by atoms with Crippen LogP contribution in [0.3, 0.4) is 0 Å². The second-order valence-electron chi connectivity index (χ2n) is 5.35. The topological polar surface area (TPSA) is 81.4 Å². The zero-order valence-corrected chi connectivity index (χ0v) is 12.1. The number of nitrogens with two attached hydrogens (primary N) is 1. The summed E-state index contributed by atoms with van der Waals surface area (Å²) in [7, 11) is 0. The van der Waals surface area contributed by atoms with E-state index in [2.05, 4.69) is 5.32 Å². The maximum Gasteiger partial charge on any atom is 0.251 e. The van der Waals surface area contributed by atoms with Crippen LogP contribution in [0.5, 0.6) is 0 Å². The van der Waals surface area contributed by atoms with Crippen LogP contribution in [0.2, 0.25) is 0 Å². The SMILES string of the molecule is NC(=O)c1c(NC(=O)C2CCCC2)sc2c1CCOC2. The van der Waals surface area contributed by atoms with Crippen molar-refractivity contribution in [3.63, 3.8) is 0 Å². The third kappa shape index (κ3) is 2.45. The summed E-state index contributed by atoms with van der Waals surface area (Å²) in [5.74, 6) is -0.373. The molecule has 2 amide bonds. The highest BCUT2D eigenvalue weighted by Crippen LogP contribution is 2.37. The third-order valence-corrected chi connectivity index (χ3v) is 5.15. The minimum Gasteiger partial charge on any atom is -0.376 e. The molecule has 1 fully saturated rings. The van der Waals surface area contributed by atoms with Crippen LogP contribution in [0.15, 0.2) is 0 Å². The van der Waals surface area contributed by atoms with E-state index in [1.807, 2.05) is 0 Å². The minimum absolute atomic E-state index is 0.0181. The molecule has 1 aliphatic heterocycles. The number of nitrogens with one attached hydrogen (secondary N) is 1. The fraction of sp³-hybridized carbons (Fsp3) is 0.571. The molecule has 0 saturated heterocycles. The van der Waals surface area contributed by atoms with E-state index in [9.17, 15) is 9.59 Å². The van der Waals surface area contributed by atoms with E-state index in [0.29, 0.717) is 30.2 Å². The molecule has 1 aromatic rings. The summed E-state index contributed by atoms with van der Waals surface area (Å²) in [6, 6.07) is 0. The van der Waals surface area contributed by atoms with Crippen LogP contribution < -0.4 is 11.1 Å². The van der Waals surface area contributed by atoms with Crippen LogP contribution in [0.4, 0.5) is 5.00 Å². The van der Waals surface area contributed by atoms with Crippen LogP contribution >= 0.6 is 11.3 Å². The molecule has 1 saturated carbocycles. The zero-order valence-electron chi connectivity index (χ0n) is 11.2. The summed E-state index contributed by atoms with van der Waals surface area (Å²) >= 11 is 1.42. The van der Waals surface area contributed by atoms with Gasteiger partial charge in [0.05, 0.1) is 18.8 Å². The van der Waals surface area contributed by atoms with Crippen LogP contribution in [-0.4, -0.2) is 18.4 Å². The van der Waals surface area contributed by atoms with Crippen LogP contribution in [-0.2, 0) is 22.6 Å². The minimum atomic E-state index is -0.467. The Labute approximate surface area is 121 Å². The number of rotatable bonds is 3. The lowest BCUT2D eigenvalue weighted by Gasteiger charge is -2.12. The fourth-order valence-corrected chi connectivity index (χ4v) is 4.18. The highest BCUT2D eigenvalue weighted by molar-refractivity contribution is 7.17. The normalized spacial score (nSPS) is 18.8. The first-order valence-corrected chi connectivity index (χ1v) is 7.81. The van der Waals surface area contributed by atoms with Crippen molar-refractivity contribution in [3.8, 4) is 0 Å². The molecule has 0 unspecified atom stereocenters. The largest absolute Gasteiger partial charge is 0.376 e. The Morgan fingerprint density at radius 1 is 1.30 bits per heavy atom. The lowest BCUT2D eigenvalue weighted by Crippen LogP contribution is -2.23. The van der Waals surface area contributed by atoms with Gasteiger partial charge in [0.1, 0.15) is 5.00 Å². The Morgan fingerprint density at radius 3 is 2.75 bits per heavy atom. The summed E-state index contributed by atoms with van der Waals surface area (Å²) in [6.07, 6.45) is 4.77. The van der Waals surface area contributed by atoms with Crippen molar-refractivity contribution in [2.45, 2.75) is 38.7 Å². The van der Waals surface area contributed by atoms with Gasteiger partial charge in [0.25, 0.3) is 5.91 Å². The molecule has 2 heterocycles. The van der Waals surface area contributed by atoms with E-state index < -0.39 is 5.91 Å². The number of ether oxygens (including phenoxy) is 1.